The second-order valence-corrected chi connectivity index (χ2v) is 4.76. The number of aromatic nitrogens is 2. The molecule has 13 heavy (non-hydrogen) atoms. The lowest BCUT2D eigenvalue weighted by molar-refractivity contribution is 0.794. The third kappa shape index (κ3) is 1.61. The van der Waals surface area contributed by atoms with Gasteiger partial charge < -0.3 is 4.57 Å². The Hall–Kier alpha value is -0.100. The van der Waals surface area contributed by atoms with Crippen molar-refractivity contribution in [1.29, 1.82) is 0 Å². The smallest absolute Gasteiger partial charge is 0.106 e. The van der Waals surface area contributed by atoms with Crippen LogP contribution < -0.4 is 0 Å². The molecule has 2 aromatic heterocycles. The Kier molecular flexibility index (Phi) is 2.60. The van der Waals surface area contributed by atoms with Crippen LogP contribution in [0.4, 0.5) is 0 Å². The largest absolute Gasteiger partial charge is 0.345 e. The highest BCUT2D eigenvalue weighted by Gasteiger charge is 2.05. The third-order valence-corrected chi connectivity index (χ3v) is 3.32. The van der Waals surface area contributed by atoms with Crippen molar-refractivity contribution in [2.75, 3.05) is 0 Å². The first-order valence-electron chi connectivity index (χ1n) is 4.02. The van der Waals surface area contributed by atoms with Crippen molar-refractivity contribution in [2.24, 2.45) is 0 Å². The van der Waals surface area contributed by atoms with Crippen molar-refractivity contribution < 1.29 is 0 Å². The highest BCUT2D eigenvalue weighted by Crippen LogP contribution is 2.24. The van der Waals surface area contributed by atoms with E-state index in [1.807, 2.05) is 6.20 Å². The molecule has 2 nitrogen and oxygen atoms in total. The molecule has 0 saturated heterocycles. The maximum atomic E-state index is 4.22. The van der Waals surface area contributed by atoms with E-state index in [0.717, 1.165) is 11.1 Å². The van der Waals surface area contributed by atoms with Gasteiger partial charge in [0.15, 0.2) is 0 Å². The van der Waals surface area contributed by atoms with Gasteiger partial charge in [0.1, 0.15) is 4.60 Å². The van der Waals surface area contributed by atoms with Gasteiger partial charge in [0.2, 0.25) is 0 Å². The molecule has 0 aliphatic heterocycles. The molecule has 2 heterocycles. The summed E-state index contributed by atoms with van der Waals surface area (Å²) in [5.74, 6) is 0. The molecular formula is C9H8BrIN2. The summed E-state index contributed by atoms with van der Waals surface area (Å²) in [5, 5.41) is 1.27. The zero-order valence-corrected chi connectivity index (χ0v) is 10.8. The summed E-state index contributed by atoms with van der Waals surface area (Å²) in [6.07, 6.45) is 4.06. The molecule has 0 amide bonds. The summed E-state index contributed by atoms with van der Waals surface area (Å²) in [6.45, 7) is 3.13. The van der Waals surface area contributed by atoms with E-state index in [-0.39, 0.29) is 0 Å². The second-order valence-electron chi connectivity index (χ2n) is 2.79. The Morgan fingerprint density at radius 2 is 2.38 bits per heavy atom. The van der Waals surface area contributed by atoms with Crippen LogP contribution in [-0.2, 0) is 6.54 Å². The van der Waals surface area contributed by atoms with E-state index < -0.39 is 0 Å². The number of aryl methyl sites for hydroxylation is 1. The van der Waals surface area contributed by atoms with Crippen LogP contribution in [0.15, 0.2) is 23.1 Å². The van der Waals surface area contributed by atoms with Gasteiger partial charge in [-0.1, -0.05) is 0 Å². The van der Waals surface area contributed by atoms with Gasteiger partial charge in [0.05, 0.1) is 11.7 Å². The van der Waals surface area contributed by atoms with Gasteiger partial charge in [0.25, 0.3) is 0 Å². The van der Waals surface area contributed by atoms with Crippen molar-refractivity contribution in [1.82, 2.24) is 9.55 Å². The number of hydrogen-bond donors (Lipinski definition) is 0. The standard InChI is InChI=1S/C9H8BrIN2/c1-2-13-5-7(11)6-3-9(10)12-4-8(6)13/h3-5H,2H2,1H3. The molecular weight excluding hydrogens is 343 g/mol. The Balaban J connectivity index is 2.80. The van der Waals surface area contributed by atoms with Crippen molar-refractivity contribution in [3.8, 4) is 0 Å². The molecule has 0 aliphatic carbocycles. The van der Waals surface area contributed by atoms with Gasteiger partial charge in [-0.25, -0.2) is 4.98 Å². The Bertz CT molecular complexity index is 450. The average Bonchev–Trinajstić information content (AvgIpc) is 2.43. The average molecular weight is 351 g/mol. The first kappa shape index (κ1) is 9.45. The van der Waals surface area contributed by atoms with Crippen LogP contribution in [0, 0.1) is 3.57 Å². The van der Waals surface area contributed by atoms with Crippen LogP contribution in [0.1, 0.15) is 6.92 Å². The number of halogens is 2. The summed E-state index contributed by atoms with van der Waals surface area (Å²) in [7, 11) is 0. The highest BCUT2D eigenvalue weighted by atomic mass is 127. The minimum absolute atomic E-state index is 0.895. The SMILES string of the molecule is CCn1cc(I)c2cc(Br)ncc21. The topological polar surface area (TPSA) is 17.8 Å². The molecule has 0 atom stereocenters. The van der Waals surface area contributed by atoms with E-state index in [9.17, 15) is 0 Å². The molecule has 2 rings (SSSR count). The van der Waals surface area contributed by atoms with Crippen molar-refractivity contribution in [2.45, 2.75) is 13.5 Å². The number of rotatable bonds is 1. The van der Waals surface area contributed by atoms with E-state index in [4.69, 9.17) is 0 Å². The van der Waals surface area contributed by atoms with Crippen LogP contribution in [0.25, 0.3) is 10.9 Å². The van der Waals surface area contributed by atoms with Gasteiger partial charge in [-0.15, -0.1) is 0 Å². The molecule has 4 heteroatoms. The number of fused-ring (bicyclic) bond motifs is 1. The van der Waals surface area contributed by atoms with Crippen LogP contribution in [0.3, 0.4) is 0 Å². The number of hydrogen-bond acceptors (Lipinski definition) is 1. The molecule has 0 saturated carbocycles. The molecule has 0 bridgehead atoms. The lowest BCUT2D eigenvalue weighted by atomic mass is 10.3. The lowest BCUT2D eigenvalue weighted by Crippen LogP contribution is -1.90. The van der Waals surface area contributed by atoms with Gasteiger partial charge >= 0.3 is 0 Å². The molecule has 0 spiro atoms. The predicted molar refractivity (Wildman–Crippen MR) is 65.8 cm³/mol. The maximum absolute atomic E-state index is 4.22. The highest BCUT2D eigenvalue weighted by molar-refractivity contribution is 14.1. The zero-order valence-electron chi connectivity index (χ0n) is 7.09. The molecule has 0 aromatic carbocycles. The number of nitrogens with zero attached hydrogens (tertiary/aromatic N) is 2. The summed E-state index contributed by atoms with van der Waals surface area (Å²) in [6, 6.07) is 2.06. The van der Waals surface area contributed by atoms with E-state index in [0.29, 0.717) is 0 Å². The van der Waals surface area contributed by atoms with Gasteiger partial charge in [-0.2, -0.15) is 0 Å². The van der Waals surface area contributed by atoms with Crippen LogP contribution in [0.2, 0.25) is 0 Å². The zero-order chi connectivity index (χ0) is 9.42. The third-order valence-electron chi connectivity index (χ3n) is 2.03. The fraction of sp³-hybridized carbons (Fsp3) is 0.222. The monoisotopic (exact) mass is 350 g/mol. The molecule has 0 unspecified atom stereocenters. The Morgan fingerprint density at radius 3 is 3.08 bits per heavy atom. The second kappa shape index (κ2) is 3.57. The van der Waals surface area contributed by atoms with Crippen molar-refractivity contribution in [3.63, 3.8) is 0 Å². The minimum atomic E-state index is 0.895. The van der Waals surface area contributed by atoms with E-state index in [2.05, 4.69) is 67.3 Å². The van der Waals surface area contributed by atoms with Gasteiger partial charge in [0, 0.05) is 21.7 Å². The van der Waals surface area contributed by atoms with Gasteiger partial charge in [-0.05, 0) is 51.5 Å². The quantitative estimate of drug-likeness (QED) is 0.569. The van der Waals surface area contributed by atoms with E-state index in [1.165, 1.54) is 14.5 Å². The predicted octanol–water partition coefficient (Wildman–Crippen LogP) is 3.42. The molecule has 0 N–H and O–H groups in total. The number of pyridine rings is 1. The summed E-state index contributed by atoms with van der Waals surface area (Å²) in [5.41, 5.74) is 1.20. The molecule has 68 valence electrons. The van der Waals surface area contributed by atoms with Crippen LogP contribution in [0.5, 0.6) is 0 Å². The first-order chi connectivity index (χ1) is 6.22. The molecule has 2 aromatic rings. The maximum Gasteiger partial charge on any atom is 0.106 e. The summed E-state index contributed by atoms with van der Waals surface area (Å²) in [4.78, 5) is 4.22. The fourth-order valence-corrected chi connectivity index (χ4v) is 2.48. The molecule has 0 fully saturated rings. The van der Waals surface area contributed by atoms with Crippen LogP contribution in [-0.4, -0.2) is 9.55 Å². The van der Waals surface area contributed by atoms with E-state index >= 15 is 0 Å². The Morgan fingerprint density at radius 1 is 1.62 bits per heavy atom. The van der Waals surface area contributed by atoms with Crippen molar-refractivity contribution >= 4 is 49.4 Å². The van der Waals surface area contributed by atoms with Crippen LogP contribution >= 0.6 is 38.5 Å². The Labute approximate surface area is 98.6 Å². The normalized spacial score (nSPS) is 11.0. The van der Waals surface area contributed by atoms with Crippen molar-refractivity contribution in [3.05, 3.63) is 26.6 Å². The summed E-state index contributed by atoms with van der Waals surface area (Å²) >= 11 is 5.72. The molecule has 0 aliphatic rings. The fourth-order valence-electron chi connectivity index (χ4n) is 1.38. The van der Waals surface area contributed by atoms with E-state index in [1.54, 1.807) is 0 Å². The lowest BCUT2D eigenvalue weighted by Gasteiger charge is -1.98. The molecule has 0 radical (unpaired) electrons. The summed E-state index contributed by atoms with van der Waals surface area (Å²) < 4.78 is 4.38. The van der Waals surface area contributed by atoms with Gasteiger partial charge in [-0.3, -0.25) is 0 Å². The minimum Gasteiger partial charge on any atom is -0.345 e. The first-order valence-corrected chi connectivity index (χ1v) is 5.89.